The molecule has 31 heavy (non-hydrogen) atoms. The first-order chi connectivity index (χ1) is 14.6. The van der Waals surface area contributed by atoms with Gasteiger partial charge in [0.15, 0.2) is 0 Å². The maximum atomic E-state index is 10.8. The first-order valence-corrected chi connectivity index (χ1v) is 10.3. The van der Waals surface area contributed by atoms with Crippen LogP contribution in [-0.4, -0.2) is 104 Å². The monoisotopic (exact) mass is 433 g/mol. The quantitative estimate of drug-likeness (QED) is 0.162. The number of likely N-dealkylation sites (N-methyl/N-ethyl adjacent to an activating group) is 2. The van der Waals surface area contributed by atoms with Crippen molar-refractivity contribution in [2.45, 2.75) is 19.9 Å². The van der Waals surface area contributed by atoms with Crippen LogP contribution in [0.1, 0.15) is 13.8 Å². The summed E-state index contributed by atoms with van der Waals surface area (Å²) in [6.07, 6.45) is 1.96. The lowest BCUT2D eigenvalue weighted by atomic mass is 10.3. The van der Waals surface area contributed by atoms with E-state index in [-0.39, 0.29) is 11.7 Å². The van der Waals surface area contributed by atoms with Gasteiger partial charge >= 0.3 is 0 Å². The van der Waals surface area contributed by atoms with Gasteiger partial charge in [-0.05, 0) is 54.2 Å². The Bertz CT molecular complexity index is 730. The summed E-state index contributed by atoms with van der Waals surface area (Å²) in [4.78, 5) is 22.9. The summed E-state index contributed by atoms with van der Waals surface area (Å²) in [7, 11) is 8.07. The third-order valence-corrected chi connectivity index (χ3v) is 4.60. The fraction of sp³-hybridized carbons (Fsp3) is 0.619. The molecule has 0 aromatic heterocycles. The lowest BCUT2D eigenvalue weighted by molar-refractivity contribution is -0.384. The van der Waals surface area contributed by atoms with Crippen molar-refractivity contribution in [3.8, 4) is 11.9 Å². The zero-order valence-corrected chi connectivity index (χ0v) is 19.5. The Balaban J connectivity index is 2.91. The van der Waals surface area contributed by atoms with Crippen LogP contribution in [0.25, 0.3) is 0 Å². The lowest BCUT2D eigenvalue weighted by Crippen LogP contribution is -2.52. The standard InChI is InChI=1S/C21H35N7O3/c1-18(2)27(15-16-31-20-9-7-19(8-10-20)28(29)30)21(23-17-22)26(13-11-24(3)4)14-12-25(5)6/h7-10,18H,11-16H2,1-6H3. The summed E-state index contributed by atoms with van der Waals surface area (Å²) in [5, 5.41) is 20.1. The average molecular weight is 434 g/mol. The molecule has 0 saturated heterocycles. The van der Waals surface area contributed by atoms with E-state index in [0.29, 0.717) is 24.9 Å². The number of hydrogen-bond donors (Lipinski definition) is 0. The molecule has 0 radical (unpaired) electrons. The maximum Gasteiger partial charge on any atom is 0.269 e. The molecule has 0 fully saturated rings. The van der Waals surface area contributed by atoms with Crippen LogP contribution in [0.3, 0.4) is 0 Å². The number of guanidine groups is 1. The van der Waals surface area contributed by atoms with E-state index in [1.807, 2.05) is 34.4 Å². The van der Waals surface area contributed by atoms with Gasteiger partial charge in [0, 0.05) is 44.4 Å². The minimum Gasteiger partial charge on any atom is -0.492 e. The zero-order chi connectivity index (χ0) is 23.4. The largest absolute Gasteiger partial charge is 0.492 e. The van der Waals surface area contributed by atoms with Crippen LogP contribution in [0.15, 0.2) is 29.3 Å². The molecular weight excluding hydrogens is 398 g/mol. The Labute approximate surface area is 185 Å². The van der Waals surface area contributed by atoms with E-state index in [1.165, 1.54) is 12.1 Å². The van der Waals surface area contributed by atoms with E-state index in [9.17, 15) is 15.4 Å². The summed E-state index contributed by atoms with van der Waals surface area (Å²) in [6, 6.07) is 6.12. The Morgan fingerprint density at radius 1 is 1.06 bits per heavy atom. The number of rotatable bonds is 12. The molecule has 0 amide bonds. The topological polar surface area (TPSA) is 101 Å². The second-order valence-corrected chi connectivity index (χ2v) is 7.99. The van der Waals surface area contributed by atoms with E-state index in [0.717, 1.165) is 26.2 Å². The molecule has 0 heterocycles. The van der Waals surface area contributed by atoms with Crippen molar-refractivity contribution in [3.05, 3.63) is 34.4 Å². The second-order valence-electron chi connectivity index (χ2n) is 7.99. The predicted molar refractivity (Wildman–Crippen MR) is 122 cm³/mol. The lowest BCUT2D eigenvalue weighted by Gasteiger charge is -2.37. The van der Waals surface area contributed by atoms with Crippen LogP contribution in [0.2, 0.25) is 0 Å². The number of nitro benzene ring substituents is 1. The smallest absolute Gasteiger partial charge is 0.269 e. The molecule has 0 aliphatic heterocycles. The molecule has 10 nitrogen and oxygen atoms in total. The van der Waals surface area contributed by atoms with Gasteiger partial charge in [-0.3, -0.25) is 10.1 Å². The Kier molecular flexibility index (Phi) is 11.3. The fourth-order valence-corrected chi connectivity index (χ4v) is 2.83. The van der Waals surface area contributed by atoms with E-state index in [4.69, 9.17) is 4.74 Å². The van der Waals surface area contributed by atoms with E-state index < -0.39 is 4.92 Å². The highest BCUT2D eigenvalue weighted by Gasteiger charge is 2.22. The molecule has 0 atom stereocenters. The highest BCUT2D eigenvalue weighted by atomic mass is 16.6. The van der Waals surface area contributed by atoms with Gasteiger partial charge in [-0.25, -0.2) is 0 Å². The third kappa shape index (κ3) is 9.63. The molecule has 1 aromatic carbocycles. The Hall–Kier alpha value is -2.90. The Morgan fingerprint density at radius 3 is 2.03 bits per heavy atom. The van der Waals surface area contributed by atoms with E-state index in [1.54, 1.807) is 12.1 Å². The van der Waals surface area contributed by atoms with Gasteiger partial charge in [-0.2, -0.15) is 5.26 Å². The van der Waals surface area contributed by atoms with Crippen LogP contribution in [0.5, 0.6) is 5.75 Å². The molecule has 0 aliphatic carbocycles. The van der Waals surface area contributed by atoms with Crippen molar-refractivity contribution >= 4 is 11.6 Å². The van der Waals surface area contributed by atoms with Crippen LogP contribution >= 0.6 is 0 Å². The molecule has 0 N–H and O–H groups in total. The first kappa shape index (κ1) is 26.1. The van der Waals surface area contributed by atoms with Gasteiger partial charge in [0.05, 0.1) is 11.5 Å². The summed E-state index contributed by atoms with van der Waals surface area (Å²) in [6.45, 7) is 8.14. The normalized spacial score (nSPS) is 11.7. The molecule has 172 valence electrons. The third-order valence-electron chi connectivity index (χ3n) is 4.60. The van der Waals surface area contributed by atoms with Crippen LogP contribution < -0.4 is 4.74 Å². The average Bonchev–Trinajstić information content (AvgIpc) is 2.70. The van der Waals surface area contributed by atoms with Crippen molar-refractivity contribution in [2.75, 3.05) is 67.5 Å². The van der Waals surface area contributed by atoms with Crippen LogP contribution in [-0.2, 0) is 0 Å². The number of aliphatic imine (C=N–C) groups is 1. The molecule has 0 spiro atoms. The fourth-order valence-electron chi connectivity index (χ4n) is 2.83. The number of ether oxygens (including phenoxy) is 1. The number of nitro groups is 1. The highest BCUT2D eigenvalue weighted by molar-refractivity contribution is 5.81. The van der Waals surface area contributed by atoms with Crippen molar-refractivity contribution < 1.29 is 9.66 Å². The Morgan fingerprint density at radius 2 is 1.61 bits per heavy atom. The van der Waals surface area contributed by atoms with Crippen molar-refractivity contribution in [3.63, 3.8) is 0 Å². The molecule has 0 aliphatic rings. The zero-order valence-electron chi connectivity index (χ0n) is 19.5. The summed E-state index contributed by atoms with van der Waals surface area (Å²) >= 11 is 0. The van der Waals surface area contributed by atoms with Gasteiger partial charge < -0.3 is 24.3 Å². The number of nitriles is 1. The van der Waals surface area contributed by atoms with Gasteiger partial charge in [-0.1, -0.05) is 0 Å². The molecule has 0 unspecified atom stereocenters. The van der Waals surface area contributed by atoms with Crippen molar-refractivity contribution in [1.82, 2.24) is 19.6 Å². The number of non-ortho nitro benzene ring substituents is 1. The first-order valence-electron chi connectivity index (χ1n) is 10.3. The minimum atomic E-state index is -0.440. The van der Waals surface area contributed by atoms with Crippen LogP contribution in [0, 0.1) is 21.6 Å². The van der Waals surface area contributed by atoms with E-state index >= 15 is 0 Å². The number of nitrogens with zero attached hydrogens (tertiary/aromatic N) is 7. The summed E-state index contributed by atoms with van der Waals surface area (Å²) < 4.78 is 5.79. The highest BCUT2D eigenvalue weighted by Crippen LogP contribution is 2.17. The predicted octanol–water partition coefficient (Wildman–Crippen LogP) is 1.95. The van der Waals surface area contributed by atoms with Gasteiger partial charge in [0.25, 0.3) is 5.69 Å². The molecule has 0 bridgehead atoms. The van der Waals surface area contributed by atoms with Crippen molar-refractivity contribution in [2.24, 2.45) is 4.99 Å². The van der Waals surface area contributed by atoms with Gasteiger partial charge in [0.2, 0.25) is 12.2 Å². The SMILES string of the molecule is CC(C)N(CCOc1ccc([N+](=O)[O-])cc1)C(=NC#N)N(CCN(C)C)CCN(C)C. The molecular formula is C21H35N7O3. The minimum absolute atomic E-state index is 0.0250. The number of benzene rings is 1. The summed E-state index contributed by atoms with van der Waals surface area (Å²) in [5.41, 5.74) is 0.0250. The molecule has 1 aromatic rings. The van der Waals surface area contributed by atoms with Gasteiger partial charge in [0.1, 0.15) is 12.4 Å². The van der Waals surface area contributed by atoms with Gasteiger partial charge in [-0.15, -0.1) is 4.99 Å². The maximum absolute atomic E-state index is 10.8. The molecule has 0 saturated carbocycles. The number of hydrogen-bond acceptors (Lipinski definition) is 7. The summed E-state index contributed by atoms with van der Waals surface area (Å²) in [5.74, 6) is 1.19. The second kappa shape index (κ2) is 13.4. The van der Waals surface area contributed by atoms with Crippen LogP contribution in [0.4, 0.5) is 5.69 Å². The van der Waals surface area contributed by atoms with E-state index in [2.05, 4.69) is 38.4 Å². The molecule has 1 rings (SSSR count). The molecule has 10 heteroatoms. The van der Waals surface area contributed by atoms with Crippen molar-refractivity contribution in [1.29, 1.82) is 5.26 Å².